The van der Waals surface area contributed by atoms with Crippen LogP contribution < -0.4 is 15.5 Å². The molecule has 1 saturated heterocycles. The van der Waals surface area contributed by atoms with E-state index in [9.17, 15) is 0 Å². The van der Waals surface area contributed by atoms with Gasteiger partial charge in [-0.05, 0) is 50.2 Å². The molecule has 3 rings (SSSR count). The predicted molar refractivity (Wildman–Crippen MR) is 124 cm³/mol. The molecular formula is C24H35N5. The summed E-state index contributed by atoms with van der Waals surface area (Å²) in [6, 6.07) is 18.0. The van der Waals surface area contributed by atoms with E-state index in [4.69, 9.17) is 0 Å². The maximum Gasteiger partial charge on any atom is 0.191 e. The minimum Gasteiger partial charge on any atom is -0.369 e. The second-order valence-corrected chi connectivity index (χ2v) is 7.99. The summed E-state index contributed by atoms with van der Waals surface area (Å²) >= 11 is 0. The maximum absolute atomic E-state index is 4.43. The largest absolute Gasteiger partial charge is 0.369 e. The third kappa shape index (κ3) is 6.23. The standard InChI is InChI=1S/C24H35N5/c1-5-28(4)17-21-8-6-7-20(15-21)16-26-24(25-3)27-22-13-14-29(18-22)23-11-9-19(2)10-12-23/h6-12,15,22H,5,13-14,16-18H2,1-4H3,(H2,25,26,27). The Morgan fingerprint density at radius 1 is 1.17 bits per heavy atom. The lowest BCUT2D eigenvalue weighted by molar-refractivity contribution is 0.345. The van der Waals surface area contributed by atoms with Gasteiger partial charge in [0.05, 0.1) is 0 Å². The highest BCUT2D eigenvalue weighted by Crippen LogP contribution is 2.20. The third-order valence-corrected chi connectivity index (χ3v) is 5.60. The number of aryl methyl sites for hydroxylation is 1. The summed E-state index contributed by atoms with van der Waals surface area (Å²) in [4.78, 5) is 9.18. The molecule has 2 N–H and O–H groups in total. The van der Waals surface area contributed by atoms with Crippen LogP contribution in [0.15, 0.2) is 53.5 Å². The van der Waals surface area contributed by atoms with Gasteiger partial charge in [-0.3, -0.25) is 4.99 Å². The van der Waals surface area contributed by atoms with E-state index < -0.39 is 0 Å². The topological polar surface area (TPSA) is 42.9 Å². The van der Waals surface area contributed by atoms with Crippen molar-refractivity contribution >= 4 is 11.6 Å². The van der Waals surface area contributed by atoms with Crippen molar-refractivity contribution in [3.05, 3.63) is 65.2 Å². The number of anilines is 1. The van der Waals surface area contributed by atoms with E-state index in [1.165, 1.54) is 22.4 Å². The molecule has 0 spiro atoms. The first-order valence-electron chi connectivity index (χ1n) is 10.6. The molecule has 29 heavy (non-hydrogen) atoms. The van der Waals surface area contributed by atoms with Gasteiger partial charge in [0, 0.05) is 45.0 Å². The Bertz CT molecular complexity index is 799. The lowest BCUT2D eigenvalue weighted by atomic mass is 10.1. The first-order valence-corrected chi connectivity index (χ1v) is 10.6. The minimum atomic E-state index is 0.409. The van der Waals surface area contributed by atoms with Crippen LogP contribution in [0.3, 0.4) is 0 Å². The van der Waals surface area contributed by atoms with Gasteiger partial charge in [-0.25, -0.2) is 0 Å². The average molecular weight is 394 g/mol. The van der Waals surface area contributed by atoms with Crippen LogP contribution in [0.2, 0.25) is 0 Å². The number of nitrogens with zero attached hydrogens (tertiary/aromatic N) is 3. The summed E-state index contributed by atoms with van der Waals surface area (Å²) in [6.45, 7) is 9.20. The molecule has 5 nitrogen and oxygen atoms in total. The van der Waals surface area contributed by atoms with Crippen molar-refractivity contribution in [3.8, 4) is 0 Å². The highest BCUT2D eigenvalue weighted by atomic mass is 15.2. The molecule has 0 amide bonds. The van der Waals surface area contributed by atoms with Crippen LogP contribution in [-0.2, 0) is 13.1 Å². The zero-order chi connectivity index (χ0) is 20.6. The molecule has 1 aliphatic rings. The van der Waals surface area contributed by atoms with Gasteiger partial charge >= 0.3 is 0 Å². The van der Waals surface area contributed by atoms with E-state index >= 15 is 0 Å². The number of rotatable bonds is 7. The minimum absolute atomic E-state index is 0.409. The van der Waals surface area contributed by atoms with Crippen LogP contribution in [0.25, 0.3) is 0 Å². The second-order valence-electron chi connectivity index (χ2n) is 7.99. The van der Waals surface area contributed by atoms with E-state index in [1.807, 2.05) is 7.05 Å². The molecular weight excluding hydrogens is 358 g/mol. The molecule has 156 valence electrons. The van der Waals surface area contributed by atoms with Crippen LogP contribution in [0.5, 0.6) is 0 Å². The van der Waals surface area contributed by atoms with Gasteiger partial charge in [-0.1, -0.05) is 48.9 Å². The summed E-state index contributed by atoms with van der Waals surface area (Å²) in [5.74, 6) is 0.872. The summed E-state index contributed by atoms with van der Waals surface area (Å²) in [7, 11) is 3.99. The molecule has 0 aromatic heterocycles. The Labute approximate surface area is 175 Å². The predicted octanol–water partition coefficient (Wildman–Crippen LogP) is 3.39. The van der Waals surface area contributed by atoms with Gasteiger partial charge in [0.25, 0.3) is 0 Å². The third-order valence-electron chi connectivity index (χ3n) is 5.60. The Morgan fingerprint density at radius 2 is 1.93 bits per heavy atom. The number of guanidine groups is 1. The lowest BCUT2D eigenvalue weighted by Gasteiger charge is -2.21. The van der Waals surface area contributed by atoms with Crippen LogP contribution in [0.4, 0.5) is 5.69 Å². The molecule has 0 bridgehead atoms. The van der Waals surface area contributed by atoms with Crippen molar-refractivity contribution in [2.75, 3.05) is 38.6 Å². The zero-order valence-corrected chi connectivity index (χ0v) is 18.3. The Balaban J connectivity index is 1.50. The van der Waals surface area contributed by atoms with E-state index in [-0.39, 0.29) is 0 Å². The van der Waals surface area contributed by atoms with Crippen LogP contribution >= 0.6 is 0 Å². The molecule has 1 unspecified atom stereocenters. The van der Waals surface area contributed by atoms with E-state index in [1.54, 1.807) is 0 Å². The maximum atomic E-state index is 4.43. The van der Waals surface area contributed by atoms with Crippen molar-refractivity contribution in [2.24, 2.45) is 4.99 Å². The number of benzene rings is 2. The monoisotopic (exact) mass is 393 g/mol. The molecule has 5 heteroatoms. The SMILES string of the molecule is CCN(C)Cc1cccc(CNC(=NC)NC2CCN(c3ccc(C)cc3)C2)c1. The highest BCUT2D eigenvalue weighted by Gasteiger charge is 2.23. The molecule has 0 radical (unpaired) electrons. The summed E-state index contributed by atoms with van der Waals surface area (Å²) in [5, 5.41) is 7.07. The molecule has 1 aliphatic heterocycles. The number of hydrogen-bond acceptors (Lipinski definition) is 3. The normalized spacial score (nSPS) is 17.1. The average Bonchev–Trinajstić information content (AvgIpc) is 3.20. The molecule has 0 aliphatic carbocycles. The number of aliphatic imine (C=N–C) groups is 1. The van der Waals surface area contributed by atoms with Crippen LogP contribution in [0, 0.1) is 6.92 Å². The molecule has 2 aromatic carbocycles. The number of nitrogens with one attached hydrogen (secondary N) is 2. The fourth-order valence-corrected chi connectivity index (χ4v) is 3.70. The van der Waals surface area contributed by atoms with E-state index in [0.717, 1.165) is 45.1 Å². The fraction of sp³-hybridized carbons (Fsp3) is 0.458. The second kappa shape index (κ2) is 10.3. The van der Waals surface area contributed by atoms with Crippen molar-refractivity contribution < 1.29 is 0 Å². The van der Waals surface area contributed by atoms with E-state index in [0.29, 0.717) is 6.04 Å². The molecule has 1 atom stereocenters. The molecule has 1 heterocycles. The van der Waals surface area contributed by atoms with Crippen LogP contribution in [-0.4, -0.2) is 50.6 Å². The van der Waals surface area contributed by atoms with Crippen molar-refractivity contribution in [1.29, 1.82) is 0 Å². The summed E-state index contributed by atoms with van der Waals surface area (Å²) in [6.07, 6.45) is 1.12. The van der Waals surface area contributed by atoms with Gasteiger partial charge in [0.15, 0.2) is 5.96 Å². The Kier molecular flexibility index (Phi) is 7.53. The van der Waals surface area contributed by atoms with Crippen molar-refractivity contribution in [2.45, 2.75) is 39.4 Å². The highest BCUT2D eigenvalue weighted by molar-refractivity contribution is 5.80. The lowest BCUT2D eigenvalue weighted by Crippen LogP contribution is -2.44. The molecule has 1 fully saturated rings. The van der Waals surface area contributed by atoms with Gasteiger partial charge < -0.3 is 20.4 Å². The summed E-state index contributed by atoms with van der Waals surface area (Å²) in [5.41, 5.74) is 5.23. The Morgan fingerprint density at radius 3 is 2.66 bits per heavy atom. The number of hydrogen-bond donors (Lipinski definition) is 2. The Hall–Kier alpha value is -2.53. The van der Waals surface area contributed by atoms with Crippen molar-refractivity contribution in [1.82, 2.24) is 15.5 Å². The first-order chi connectivity index (χ1) is 14.1. The van der Waals surface area contributed by atoms with Gasteiger partial charge in [0.2, 0.25) is 0 Å². The van der Waals surface area contributed by atoms with Crippen LogP contribution in [0.1, 0.15) is 30.0 Å². The fourth-order valence-electron chi connectivity index (χ4n) is 3.70. The van der Waals surface area contributed by atoms with Gasteiger partial charge in [-0.15, -0.1) is 0 Å². The molecule has 2 aromatic rings. The quantitative estimate of drug-likeness (QED) is 0.559. The van der Waals surface area contributed by atoms with Crippen molar-refractivity contribution in [3.63, 3.8) is 0 Å². The van der Waals surface area contributed by atoms with Gasteiger partial charge in [0.1, 0.15) is 0 Å². The molecule has 0 saturated carbocycles. The van der Waals surface area contributed by atoms with E-state index in [2.05, 4.69) is 94.9 Å². The summed E-state index contributed by atoms with van der Waals surface area (Å²) < 4.78 is 0. The zero-order valence-electron chi connectivity index (χ0n) is 18.3. The smallest absolute Gasteiger partial charge is 0.191 e. The van der Waals surface area contributed by atoms with Gasteiger partial charge in [-0.2, -0.15) is 0 Å². The first kappa shape index (κ1) is 21.2.